The van der Waals surface area contributed by atoms with Crippen molar-refractivity contribution in [1.82, 2.24) is 24.9 Å². The van der Waals surface area contributed by atoms with Gasteiger partial charge in [0, 0.05) is 25.5 Å². The average molecular weight is 296 g/mol. The Morgan fingerprint density at radius 1 is 1.50 bits per heavy atom. The number of aryl methyl sites for hydroxylation is 1. The second-order valence-electron chi connectivity index (χ2n) is 4.61. The lowest BCUT2D eigenvalue weighted by Crippen LogP contribution is -2.33. The van der Waals surface area contributed by atoms with Crippen molar-refractivity contribution in [1.29, 1.82) is 0 Å². The van der Waals surface area contributed by atoms with Gasteiger partial charge in [-0.3, -0.25) is 14.2 Å². The maximum atomic E-state index is 12.0. The molecule has 2 heterocycles. The molecule has 0 saturated heterocycles. The third-order valence-corrected chi connectivity index (χ3v) is 3.52. The van der Waals surface area contributed by atoms with Crippen molar-refractivity contribution in [3.8, 4) is 0 Å². The van der Waals surface area contributed by atoms with E-state index in [0.29, 0.717) is 11.6 Å². The Labute approximate surface area is 122 Å². The van der Waals surface area contributed by atoms with Crippen molar-refractivity contribution in [3.63, 3.8) is 0 Å². The van der Waals surface area contributed by atoms with E-state index in [4.69, 9.17) is 11.6 Å². The first kappa shape index (κ1) is 14.6. The van der Waals surface area contributed by atoms with Gasteiger partial charge in [0.25, 0.3) is 0 Å². The van der Waals surface area contributed by atoms with Crippen molar-refractivity contribution in [2.24, 2.45) is 0 Å². The minimum atomic E-state index is -0.368. The normalized spacial score (nSPS) is 12.3. The third kappa shape index (κ3) is 3.39. The molecule has 0 spiro atoms. The van der Waals surface area contributed by atoms with Crippen LogP contribution in [0.5, 0.6) is 0 Å². The van der Waals surface area contributed by atoms with Crippen molar-refractivity contribution < 1.29 is 4.79 Å². The minimum absolute atomic E-state index is 0.0617. The number of carbonyl (C=O) groups is 1. The molecule has 0 aliphatic carbocycles. The number of halogens is 1. The topological polar surface area (TPSA) is 64.7 Å². The van der Waals surface area contributed by atoms with Crippen molar-refractivity contribution in [2.45, 2.75) is 32.9 Å². The van der Waals surface area contributed by atoms with Crippen LogP contribution >= 0.6 is 11.6 Å². The number of hydrogen-bond acceptors (Lipinski definition) is 3. The summed E-state index contributed by atoms with van der Waals surface area (Å²) in [5, 5.41) is 11.7. The molecule has 0 fully saturated rings. The highest BCUT2D eigenvalue weighted by Crippen LogP contribution is 2.17. The number of hydrogen-bond donors (Lipinski definition) is 1. The molecule has 7 heteroatoms. The summed E-state index contributed by atoms with van der Waals surface area (Å²) in [6, 6.07) is 1.51. The molecule has 1 atom stereocenters. The number of nitrogens with one attached hydrogen (secondary N) is 1. The molecule has 1 unspecified atom stereocenters. The van der Waals surface area contributed by atoms with Crippen LogP contribution in [0.2, 0.25) is 5.02 Å². The van der Waals surface area contributed by atoms with Gasteiger partial charge in [0.2, 0.25) is 5.91 Å². The molecule has 1 amide bonds. The van der Waals surface area contributed by atoms with Crippen molar-refractivity contribution in [3.05, 3.63) is 35.4 Å². The van der Waals surface area contributed by atoms with E-state index in [-0.39, 0.29) is 11.9 Å². The SMILES string of the molecule is Cc1c(Cl)cnn1C(C)C(=O)NCCCn1cccn1. The first-order valence-corrected chi connectivity index (χ1v) is 6.92. The van der Waals surface area contributed by atoms with Crippen molar-refractivity contribution >= 4 is 17.5 Å². The first-order chi connectivity index (χ1) is 9.59. The molecule has 0 aliphatic rings. The average Bonchev–Trinajstić information content (AvgIpc) is 3.06. The van der Waals surface area contributed by atoms with E-state index in [1.54, 1.807) is 24.0 Å². The summed E-state index contributed by atoms with van der Waals surface area (Å²) >= 11 is 5.94. The molecule has 0 saturated carbocycles. The molecule has 2 aromatic heterocycles. The fourth-order valence-corrected chi connectivity index (χ4v) is 2.07. The molecule has 6 nitrogen and oxygen atoms in total. The van der Waals surface area contributed by atoms with E-state index in [0.717, 1.165) is 18.7 Å². The molecule has 0 radical (unpaired) electrons. The Balaban J connectivity index is 1.78. The third-order valence-electron chi connectivity index (χ3n) is 3.15. The van der Waals surface area contributed by atoms with Gasteiger partial charge < -0.3 is 5.32 Å². The van der Waals surface area contributed by atoms with Crippen LogP contribution in [0, 0.1) is 6.92 Å². The summed E-state index contributed by atoms with van der Waals surface area (Å²) in [6.07, 6.45) is 6.03. The second kappa shape index (κ2) is 6.56. The number of rotatable bonds is 6. The zero-order valence-electron chi connectivity index (χ0n) is 11.6. The Hall–Kier alpha value is -1.82. The lowest BCUT2D eigenvalue weighted by atomic mass is 10.3. The standard InChI is InChI=1S/C13H18ClN5O/c1-10-12(14)9-17-19(10)11(2)13(20)15-5-3-7-18-8-4-6-16-18/h4,6,8-9,11H,3,5,7H2,1-2H3,(H,15,20). The summed E-state index contributed by atoms with van der Waals surface area (Å²) in [7, 11) is 0. The molecule has 0 aliphatic heterocycles. The lowest BCUT2D eigenvalue weighted by Gasteiger charge is -2.14. The molecule has 0 bridgehead atoms. The highest BCUT2D eigenvalue weighted by Gasteiger charge is 2.17. The maximum absolute atomic E-state index is 12.0. The van der Waals surface area contributed by atoms with E-state index in [1.165, 1.54) is 0 Å². The lowest BCUT2D eigenvalue weighted by molar-refractivity contribution is -0.124. The molecule has 2 aromatic rings. The van der Waals surface area contributed by atoms with Crippen LogP contribution in [-0.4, -0.2) is 32.0 Å². The van der Waals surface area contributed by atoms with Gasteiger partial charge >= 0.3 is 0 Å². The van der Waals surface area contributed by atoms with Crippen LogP contribution in [-0.2, 0) is 11.3 Å². The number of nitrogens with zero attached hydrogens (tertiary/aromatic N) is 4. The largest absolute Gasteiger partial charge is 0.354 e. The minimum Gasteiger partial charge on any atom is -0.354 e. The van der Waals surface area contributed by atoms with Gasteiger partial charge in [0.15, 0.2) is 0 Å². The Morgan fingerprint density at radius 2 is 2.30 bits per heavy atom. The number of amides is 1. The monoisotopic (exact) mass is 295 g/mol. The summed E-state index contributed by atoms with van der Waals surface area (Å²) in [5.74, 6) is -0.0617. The van der Waals surface area contributed by atoms with Gasteiger partial charge in [-0.2, -0.15) is 10.2 Å². The van der Waals surface area contributed by atoms with E-state index in [9.17, 15) is 4.79 Å². The quantitative estimate of drug-likeness (QED) is 0.827. The summed E-state index contributed by atoms with van der Waals surface area (Å²) in [4.78, 5) is 12.0. The van der Waals surface area contributed by atoms with E-state index < -0.39 is 0 Å². The summed E-state index contributed by atoms with van der Waals surface area (Å²) in [5.41, 5.74) is 0.797. The van der Waals surface area contributed by atoms with Gasteiger partial charge in [-0.05, 0) is 26.3 Å². The number of carbonyl (C=O) groups excluding carboxylic acids is 1. The second-order valence-corrected chi connectivity index (χ2v) is 5.02. The predicted molar refractivity (Wildman–Crippen MR) is 76.5 cm³/mol. The molecule has 108 valence electrons. The maximum Gasteiger partial charge on any atom is 0.244 e. The Bertz CT molecular complexity index is 563. The highest BCUT2D eigenvalue weighted by molar-refractivity contribution is 6.31. The molecule has 20 heavy (non-hydrogen) atoms. The van der Waals surface area contributed by atoms with Gasteiger partial charge in [-0.15, -0.1) is 0 Å². The van der Waals surface area contributed by atoms with Crippen LogP contribution < -0.4 is 5.32 Å². The van der Waals surface area contributed by atoms with Crippen LogP contribution in [0.1, 0.15) is 25.1 Å². The highest BCUT2D eigenvalue weighted by atomic mass is 35.5. The van der Waals surface area contributed by atoms with Crippen LogP contribution in [0.15, 0.2) is 24.7 Å². The van der Waals surface area contributed by atoms with Gasteiger partial charge in [0.05, 0.1) is 16.9 Å². The first-order valence-electron chi connectivity index (χ1n) is 6.54. The smallest absolute Gasteiger partial charge is 0.244 e. The van der Waals surface area contributed by atoms with Gasteiger partial charge in [-0.1, -0.05) is 11.6 Å². The summed E-state index contributed by atoms with van der Waals surface area (Å²) in [6.45, 7) is 5.04. The van der Waals surface area contributed by atoms with Crippen LogP contribution in [0.4, 0.5) is 0 Å². The van der Waals surface area contributed by atoms with E-state index in [2.05, 4.69) is 15.5 Å². The zero-order chi connectivity index (χ0) is 14.5. The van der Waals surface area contributed by atoms with Gasteiger partial charge in [0.1, 0.15) is 6.04 Å². The fraction of sp³-hybridized carbons (Fsp3) is 0.462. The van der Waals surface area contributed by atoms with Crippen LogP contribution in [0.3, 0.4) is 0 Å². The van der Waals surface area contributed by atoms with E-state index in [1.807, 2.05) is 23.9 Å². The zero-order valence-corrected chi connectivity index (χ0v) is 12.3. The number of aromatic nitrogens is 4. The van der Waals surface area contributed by atoms with Gasteiger partial charge in [-0.25, -0.2) is 0 Å². The predicted octanol–water partition coefficient (Wildman–Crippen LogP) is 1.81. The van der Waals surface area contributed by atoms with E-state index >= 15 is 0 Å². The molecular weight excluding hydrogens is 278 g/mol. The molecular formula is C13H18ClN5O. The Morgan fingerprint density at radius 3 is 2.90 bits per heavy atom. The molecule has 1 N–H and O–H groups in total. The molecule has 2 rings (SSSR count). The van der Waals surface area contributed by atoms with Crippen molar-refractivity contribution in [2.75, 3.05) is 6.54 Å². The van der Waals surface area contributed by atoms with Crippen LogP contribution in [0.25, 0.3) is 0 Å². The Kier molecular flexibility index (Phi) is 4.79. The molecule has 0 aromatic carbocycles. The fourth-order valence-electron chi connectivity index (χ4n) is 1.94. The summed E-state index contributed by atoms with van der Waals surface area (Å²) < 4.78 is 3.47.